The maximum Gasteiger partial charge on any atom is 0.410 e. The van der Waals surface area contributed by atoms with Crippen molar-refractivity contribution in [1.82, 2.24) is 4.90 Å². The molecule has 1 aliphatic rings. The fourth-order valence-electron chi connectivity index (χ4n) is 3.04. The Balaban J connectivity index is 2.87. The van der Waals surface area contributed by atoms with Crippen molar-refractivity contribution in [2.75, 3.05) is 19.8 Å². The Hall–Kier alpha value is -1.79. The molecule has 0 aromatic rings. The SMILES string of the molecule is CCOC(=O)CC(CC(=O)OCC)[C@@H]1CCCN1C(=O)OC(C)(C)C. The molecule has 25 heavy (non-hydrogen) atoms. The first-order valence-corrected chi connectivity index (χ1v) is 8.98. The van der Waals surface area contributed by atoms with Crippen LogP contribution in [0.25, 0.3) is 0 Å². The number of ether oxygens (including phenoxy) is 3. The Morgan fingerprint density at radius 2 is 1.56 bits per heavy atom. The minimum Gasteiger partial charge on any atom is -0.466 e. The van der Waals surface area contributed by atoms with Crippen LogP contribution in [-0.4, -0.2) is 54.3 Å². The third kappa shape index (κ3) is 7.32. The lowest BCUT2D eigenvalue weighted by atomic mass is 9.91. The molecule has 7 nitrogen and oxygen atoms in total. The van der Waals surface area contributed by atoms with E-state index in [4.69, 9.17) is 14.2 Å². The molecule has 0 aromatic heterocycles. The van der Waals surface area contributed by atoms with E-state index >= 15 is 0 Å². The smallest absolute Gasteiger partial charge is 0.410 e. The molecule has 0 bridgehead atoms. The average Bonchev–Trinajstić information content (AvgIpc) is 2.94. The number of amides is 1. The van der Waals surface area contributed by atoms with Gasteiger partial charge in [0.25, 0.3) is 0 Å². The van der Waals surface area contributed by atoms with E-state index in [-0.39, 0.29) is 50.0 Å². The molecule has 0 N–H and O–H groups in total. The number of esters is 2. The summed E-state index contributed by atoms with van der Waals surface area (Å²) < 4.78 is 15.5. The summed E-state index contributed by atoms with van der Waals surface area (Å²) in [5.41, 5.74) is -0.595. The lowest BCUT2D eigenvalue weighted by Crippen LogP contribution is -2.44. The topological polar surface area (TPSA) is 82.1 Å². The second-order valence-corrected chi connectivity index (χ2v) is 7.16. The van der Waals surface area contributed by atoms with Gasteiger partial charge < -0.3 is 19.1 Å². The maximum absolute atomic E-state index is 12.5. The van der Waals surface area contributed by atoms with Gasteiger partial charge in [0.1, 0.15) is 5.60 Å². The number of rotatable bonds is 7. The minimum absolute atomic E-state index is 0.0800. The predicted molar refractivity (Wildman–Crippen MR) is 92.0 cm³/mol. The summed E-state index contributed by atoms with van der Waals surface area (Å²) in [5.74, 6) is -1.08. The fraction of sp³-hybridized carbons (Fsp3) is 0.833. The molecule has 7 heteroatoms. The van der Waals surface area contributed by atoms with E-state index in [2.05, 4.69) is 0 Å². The van der Waals surface area contributed by atoms with Crippen LogP contribution in [0, 0.1) is 5.92 Å². The first kappa shape index (κ1) is 21.3. The van der Waals surface area contributed by atoms with E-state index < -0.39 is 11.7 Å². The van der Waals surface area contributed by atoms with Crippen LogP contribution >= 0.6 is 0 Å². The monoisotopic (exact) mass is 357 g/mol. The van der Waals surface area contributed by atoms with Crippen LogP contribution in [0.1, 0.15) is 60.3 Å². The van der Waals surface area contributed by atoms with Crippen molar-refractivity contribution in [3.63, 3.8) is 0 Å². The molecular formula is C18H31NO6. The first-order chi connectivity index (χ1) is 11.7. The van der Waals surface area contributed by atoms with Crippen molar-refractivity contribution in [3.8, 4) is 0 Å². The van der Waals surface area contributed by atoms with E-state index in [9.17, 15) is 14.4 Å². The fourth-order valence-corrected chi connectivity index (χ4v) is 3.04. The van der Waals surface area contributed by atoms with Crippen LogP contribution in [0.2, 0.25) is 0 Å². The number of hydrogen-bond donors (Lipinski definition) is 0. The molecule has 1 atom stereocenters. The molecule has 1 aliphatic heterocycles. The molecule has 1 heterocycles. The normalized spacial score (nSPS) is 17.5. The maximum atomic E-state index is 12.5. The molecule has 0 radical (unpaired) electrons. The van der Waals surface area contributed by atoms with Gasteiger partial charge in [0, 0.05) is 18.5 Å². The molecule has 0 unspecified atom stereocenters. The summed E-state index contributed by atoms with van der Waals surface area (Å²) >= 11 is 0. The minimum atomic E-state index is -0.595. The lowest BCUT2D eigenvalue weighted by Gasteiger charge is -2.32. The van der Waals surface area contributed by atoms with Crippen LogP contribution in [0.4, 0.5) is 4.79 Å². The summed E-state index contributed by atoms with van der Waals surface area (Å²) in [6.45, 7) is 10.0. The zero-order chi connectivity index (χ0) is 19.0. The van der Waals surface area contributed by atoms with Gasteiger partial charge in [-0.05, 0) is 47.5 Å². The molecule has 0 spiro atoms. The van der Waals surface area contributed by atoms with E-state index in [0.29, 0.717) is 6.54 Å². The Kier molecular flexibility index (Phi) is 8.19. The highest BCUT2D eigenvalue weighted by Gasteiger charge is 2.39. The summed E-state index contributed by atoms with van der Waals surface area (Å²) in [6.07, 6.45) is 1.29. The quantitative estimate of drug-likeness (QED) is 0.515. The second kappa shape index (κ2) is 9.63. The zero-order valence-corrected chi connectivity index (χ0v) is 16.0. The van der Waals surface area contributed by atoms with Crippen molar-refractivity contribution >= 4 is 18.0 Å². The molecule has 1 fully saturated rings. The van der Waals surface area contributed by atoms with E-state index in [1.54, 1.807) is 18.7 Å². The number of carbonyl (C=O) groups is 3. The van der Waals surface area contributed by atoms with Gasteiger partial charge in [-0.25, -0.2) is 4.79 Å². The standard InChI is InChI=1S/C18H31NO6/c1-6-23-15(20)11-13(12-16(21)24-7-2)14-9-8-10-19(14)17(22)25-18(3,4)5/h13-14H,6-12H2,1-5H3/t14-/m0/s1. The van der Waals surface area contributed by atoms with Crippen molar-refractivity contribution in [2.24, 2.45) is 5.92 Å². The summed E-state index contributed by atoms with van der Waals surface area (Å²) in [6, 6.07) is -0.233. The van der Waals surface area contributed by atoms with Gasteiger partial charge in [-0.2, -0.15) is 0 Å². The summed E-state index contributed by atoms with van der Waals surface area (Å²) in [7, 11) is 0. The molecule has 1 amide bonds. The van der Waals surface area contributed by atoms with Gasteiger partial charge >= 0.3 is 18.0 Å². The van der Waals surface area contributed by atoms with Gasteiger partial charge in [-0.3, -0.25) is 9.59 Å². The van der Waals surface area contributed by atoms with Crippen molar-refractivity contribution < 1.29 is 28.6 Å². The van der Waals surface area contributed by atoms with Gasteiger partial charge in [-0.15, -0.1) is 0 Å². The number of nitrogens with zero attached hydrogens (tertiary/aromatic N) is 1. The molecule has 0 saturated carbocycles. The number of likely N-dealkylation sites (tertiary alicyclic amines) is 1. The highest BCUT2D eigenvalue weighted by atomic mass is 16.6. The van der Waals surface area contributed by atoms with E-state index in [1.807, 2.05) is 20.8 Å². The van der Waals surface area contributed by atoms with Crippen LogP contribution in [0.15, 0.2) is 0 Å². The number of carbonyl (C=O) groups excluding carboxylic acids is 3. The number of hydrogen-bond acceptors (Lipinski definition) is 6. The summed E-state index contributed by atoms with van der Waals surface area (Å²) in [4.78, 5) is 38.0. The van der Waals surface area contributed by atoms with Crippen LogP contribution in [0.3, 0.4) is 0 Å². The van der Waals surface area contributed by atoms with E-state index in [0.717, 1.165) is 12.8 Å². The molecule has 1 saturated heterocycles. The Morgan fingerprint density at radius 1 is 1.04 bits per heavy atom. The predicted octanol–water partition coefficient (Wildman–Crippen LogP) is 2.91. The van der Waals surface area contributed by atoms with Crippen molar-refractivity contribution in [2.45, 2.75) is 71.9 Å². The Labute approximate surface area is 150 Å². The first-order valence-electron chi connectivity index (χ1n) is 8.98. The molecule has 144 valence electrons. The third-order valence-corrected chi connectivity index (χ3v) is 3.94. The molecule has 0 aliphatic carbocycles. The molecular weight excluding hydrogens is 326 g/mol. The van der Waals surface area contributed by atoms with Gasteiger partial charge in [0.2, 0.25) is 0 Å². The highest BCUT2D eigenvalue weighted by molar-refractivity contribution is 5.74. The van der Waals surface area contributed by atoms with Crippen LogP contribution in [-0.2, 0) is 23.8 Å². The lowest BCUT2D eigenvalue weighted by molar-refractivity contribution is -0.148. The third-order valence-electron chi connectivity index (χ3n) is 3.94. The highest BCUT2D eigenvalue weighted by Crippen LogP contribution is 2.30. The molecule has 0 aromatic carbocycles. The van der Waals surface area contributed by atoms with Crippen LogP contribution < -0.4 is 0 Å². The Morgan fingerprint density at radius 3 is 2.00 bits per heavy atom. The van der Waals surface area contributed by atoms with E-state index in [1.165, 1.54) is 0 Å². The Bertz CT molecular complexity index is 451. The zero-order valence-electron chi connectivity index (χ0n) is 16.0. The van der Waals surface area contributed by atoms with Crippen molar-refractivity contribution in [1.29, 1.82) is 0 Å². The van der Waals surface area contributed by atoms with Gasteiger partial charge in [0.05, 0.1) is 26.1 Å². The van der Waals surface area contributed by atoms with Crippen LogP contribution in [0.5, 0.6) is 0 Å². The van der Waals surface area contributed by atoms with Gasteiger partial charge in [0.15, 0.2) is 0 Å². The van der Waals surface area contributed by atoms with Crippen molar-refractivity contribution in [3.05, 3.63) is 0 Å². The summed E-state index contributed by atoms with van der Waals surface area (Å²) in [5, 5.41) is 0. The average molecular weight is 357 g/mol. The molecule has 1 rings (SSSR count). The second-order valence-electron chi connectivity index (χ2n) is 7.16. The largest absolute Gasteiger partial charge is 0.466 e. The van der Waals surface area contributed by atoms with Gasteiger partial charge in [-0.1, -0.05) is 0 Å².